The highest BCUT2D eigenvalue weighted by Crippen LogP contribution is 2.27. The molecule has 5 nitrogen and oxygen atoms in total. The highest BCUT2D eigenvalue weighted by molar-refractivity contribution is 5.86. The Morgan fingerprint density at radius 3 is 2.59 bits per heavy atom. The number of amides is 1. The summed E-state index contributed by atoms with van der Waals surface area (Å²) in [5.41, 5.74) is 2.56. The quantitative estimate of drug-likeness (QED) is 0.835. The van der Waals surface area contributed by atoms with E-state index in [0.717, 1.165) is 0 Å². The van der Waals surface area contributed by atoms with Crippen molar-refractivity contribution in [3.05, 3.63) is 17.5 Å². The lowest BCUT2D eigenvalue weighted by atomic mass is 10.0. The summed E-state index contributed by atoms with van der Waals surface area (Å²) in [7, 11) is 0. The second kappa shape index (κ2) is 4.36. The molecule has 17 heavy (non-hydrogen) atoms. The largest absolute Gasteiger partial charge is 0.415 e. The summed E-state index contributed by atoms with van der Waals surface area (Å²) in [5.74, 6) is -1.06. The van der Waals surface area contributed by atoms with Gasteiger partial charge in [0, 0.05) is 6.07 Å². The van der Waals surface area contributed by atoms with Crippen LogP contribution in [-0.4, -0.2) is 22.8 Å². The van der Waals surface area contributed by atoms with Gasteiger partial charge in [-0.2, -0.15) is 13.2 Å². The van der Waals surface area contributed by atoms with E-state index < -0.39 is 17.6 Å². The maximum absolute atomic E-state index is 12.4. The topological polar surface area (TPSA) is 81.2 Å². The van der Waals surface area contributed by atoms with Crippen LogP contribution < -0.4 is 11.1 Å². The number of carbonyl (C=O) groups is 1. The molecule has 0 saturated heterocycles. The number of rotatable bonds is 3. The molecule has 1 amide bonds. The highest BCUT2D eigenvalue weighted by atomic mass is 19.4. The highest BCUT2D eigenvalue weighted by Gasteiger charge is 2.53. The third kappa shape index (κ3) is 2.96. The molecule has 0 saturated carbocycles. The second-order valence-corrected chi connectivity index (χ2v) is 3.82. The molecule has 8 heteroatoms. The minimum atomic E-state index is -4.81. The fourth-order valence-corrected chi connectivity index (χ4v) is 0.979. The summed E-state index contributed by atoms with van der Waals surface area (Å²) < 4.78 is 41.9. The van der Waals surface area contributed by atoms with E-state index in [2.05, 4.69) is 5.16 Å². The molecule has 0 spiro atoms. The monoisotopic (exact) mass is 251 g/mol. The number of nitrogens with zero attached hydrogens (tertiary/aromatic N) is 1. The summed E-state index contributed by atoms with van der Waals surface area (Å²) >= 11 is 0. The van der Waals surface area contributed by atoms with E-state index >= 15 is 0 Å². The Labute approximate surface area is 95.1 Å². The standard InChI is InChI=1S/C9H12F3N3O2/c1-5-3-6(17-15-5)4-14-7(16)8(2,13)9(10,11)12/h3H,4,13H2,1-2H3,(H,14,16). The summed E-state index contributed by atoms with van der Waals surface area (Å²) in [6.45, 7) is 2.06. The molecule has 1 rings (SSSR count). The molecule has 0 aromatic carbocycles. The zero-order valence-electron chi connectivity index (χ0n) is 9.26. The summed E-state index contributed by atoms with van der Waals surface area (Å²) in [5, 5.41) is 5.57. The van der Waals surface area contributed by atoms with Gasteiger partial charge in [0.1, 0.15) is 0 Å². The van der Waals surface area contributed by atoms with Crippen molar-refractivity contribution in [2.75, 3.05) is 0 Å². The normalized spacial score (nSPS) is 15.4. The van der Waals surface area contributed by atoms with E-state index in [1.807, 2.05) is 5.32 Å². The lowest BCUT2D eigenvalue weighted by molar-refractivity contribution is -0.187. The van der Waals surface area contributed by atoms with Gasteiger partial charge in [0.15, 0.2) is 11.3 Å². The number of hydrogen-bond acceptors (Lipinski definition) is 4. The Balaban J connectivity index is 2.61. The zero-order valence-corrected chi connectivity index (χ0v) is 9.26. The van der Waals surface area contributed by atoms with Crippen LogP contribution in [0.1, 0.15) is 18.4 Å². The van der Waals surface area contributed by atoms with Gasteiger partial charge in [0.25, 0.3) is 0 Å². The first kappa shape index (κ1) is 13.5. The Bertz CT molecular complexity index is 412. The van der Waals surface area contributed by atoms with Crippen LogP contribution in [0.25, 0.3) is 0 Å². The van der Waals surface area contributed by atoms with Crippen molar-refractivity contribution >= 4 is 5.91 Å². The molecule has 0 bridgehead atoms. The van der Waals surface area contributed by atoms with Gasteiger partial charge in [0.2, 0.25) is 5.91 Å². The minimum Gasteiger partial charge on any atom is -0.359 e. The molecule has 1 atom stereocenters. The number of halogens is 3. The summed E-state index contributed by atoms with van der Waals surface area (Å²) in [6.07, 6.45) is -4.81. The van der Waals surface area contributed by atoms with E-state index in [9.17, 15) is 18.0 Å². The number of carbonyl (C=O) groups excluding carboxylic acids is 1. The first-order valence-corrected chi connectivity index (χ1v) is 4.70. The van der Waals surface area contributed by atoms with Crippen molar-refractivity contribution in [1.82, 2.24) is 10.5 Å². The van der Waals surface area contributed by atoms with Crippen LogP contribution in [0.3, 0.4) is 0 Å². The van der Waals surface area contributed by atoms with Gasteiger partial charge in [0.05, 0.1) is 12.2 Å². The van der Waals surface area contributed by atoms with Gasteiger partial charge < -0.3 is 15.6 Å². The van der Waals surface area contributed by atoms with Crippen molar-refractivity contribution in [2.24, 2.45) is 5.73 Å². The first-order valence-electron chi connectivity index (χ1n) is 4.70. The SMILES string of the molecule is Cc1cc(CNC(=O)C(C)(N)C(F)(F)F)on1. The lowest BCUT2D eigenvalue weighted by Gasteiger charge is -2.25. The van der Waals surface area contributed by atoms with Gasteiger partial charge >= 0.3 is 6.18 Å². The van der Waals surface area contributed by atoms with Gasteiger partial charge in [-0.1, -0.05) is 5.16 Å². The van der Waals surface area contributed by atoms with Crippen LogP contribution in [0.4, 0.5) is 13.2 Å². The average Bonchev–Trinajstić information content (AvgIpc) is 2.58. The fraction of sp³-hybridized carbons (Fsp3) is 0.556. The molecule has 0 aliphatic rings. The fourth-order valence-electron chi connectivity index (χ4n) is 0.979. The number of nitrogens with two attached hydrogens (primary N) is 1. The molecule has 0 fully saturated rings. The Morgan fingerprint density at radius 2 is 2.18 bits per heavy atom. The average molecular weight is 251 g/mol. The van der Waals surface area contributed by atoms with Gasteiger partial charge in [-0.15, -0.1) is 0 Å². The smallest absolute Gasteiger partial charge is 0.359 e. The van der Waals surface area contributed by atoms with Crippen molar-refractivity contribution in [2.45, 2.75) is 32.1 Å². The molecule has 96 valence electrons. The predicted octanol–water partition coefficient (Wildman–Crippen LogP) is 0.879. The van der Waals surface area contributed by atoms with Crippen LogP contribution in [0.15, 0.2) is 10.6 Å². The van der Waals surface area contributed by atoms with Gasteiger partial charge in [-0.3, -0.25) is 4.79 Å². The van der Waals surface area contributed by atoms with E-state index in [4.69, 9.17) is 10.3 Å². The number of alkyl halides is 3. The number of hydrogen-bond donors (Lipinski definition) is 2. The van der Waals surface area contributed by atoms with Crippen molar-refractivity contribution in [3.63, 3.8) is 0 Å². The third-order valence-corrected chi connectivity index (χ3v) is 2.16. The molecule has 0 radical (unpaired) electrons. The van der Waals surface area contributed by atoms with Gasteiger partial charge in [-0.25, -0.2) is 0 Å². The van der Waals surface area contributed by atoms with Gasteiger partial charge in [-0.05, 0) is 13.8 Å². The Hall–Kier alpha value is -1.57. The van der Waals surface area contributed by atoms with Crippen LogP contribution in [0, 0.1) is 6.92 Å². The number of aromatic nitrogens is 1. The molecule has 0 aliphatic heterocycles. The predicted molar refractivity (Wildman–Crippen MR) is 51.7 cm³/mol. The molecule has 0 aliphatic carbocycles. The van der Waals surface area contributed by atoms with E-state index in [-0.39, 0.29) is 12.3 Å². The third-order valence-electron chi connectivity index (χ3n) is 2.16. The molecule has 1 aromatic rings. The van der Waals surface area contributed by atoms with Crippen LogP contribution in [0.2, 0.25) is 0 Å². The molecular formula is C9H12F3N3O2. The maximum atomic E-state index is 12.4. The van der Waals surface area contributed by atoms with Crippen LogP contribution in [-0.2, 0) is 11.3 Å². The Kier molecular flexibility index (Phi) is 3.46. The van der Waals surface area contributed by atoms with E-state index in [1.54, 1.807) is 6.92 Å². The molecule has 3 N–H and O–H groups in total. The number of aryl methyl sites for hydroxylation is 1. The summed E-state index contributed by atoms with van der Waals surface area (Å²) in [6, 6.07) is 1.50. The Morgan fingerprint density at radius 1 is 1.59 bits per heavy atom. The molecule has 1 heterocycles. The minimum absolute atomic E-state index is 0.192. The molecule has 1 unspecified atom stereocenters. The lowest BCUT2D eigenvalue weighted by Crippen LogP contribution is -2.61. The molecule has 1 aromatic heterocycles. The van der Waals surface area contributed by atoms with Crippen LogP contribution in [0.5, 0.6) is 0 Å². The second-order valence-electron chi connectivity index (χ2n) is 3.82. The maximum Gasteiger partial charge on any atom is 0.415 e. The number of nitrogens with one attached hydrogen (secondary N) is 1. The van der Waals surface area contributed by atoms with E-state index in [1.165, 1.54) is 6.07 Å². The van der Waals surface area contributed by atoms with Crippen molar-refractivity contribution in [3.8, 4) is 0 Å². The van der Waals surface area contributed by atoms with Crippen molar-refractivity contribution in [1.29, 1.82) is 0 Å². The van der Waals surface area contributed by atoms with E-state index in [0.29, 0.717) is 12.6 Å². The zero-order chi connectivity index (χ0) is 13.3. The first-order chi connectivity index (χ1) is 7.64. The van der Waals surface area contributed by atoms with Crippen molar-refractivity contribution < 1.29 is 22.5 Å². The molecular weight excluding hydrogens is 239 g/mol. The summed E-state index contributed by atoms with van der Waals surface area (Å²) in [4.78, 5) is 11.3. The van der Waals surface area contributed by atoms with Crippen LogP contribution >= 0.6 is 0 Å².